The maximum absolute atomic E-state index is 12.4. The van der Waals surface area contributed by atoms with Crippen LogP contribution in [0.15, 0.2) is 53.5 Å². The van der Waals surface area contributed by atoms with E-state index in [0.29, 0.717) is 11.3 Å². The first-order valence-electron chi connectivity index (χ1n) is 5.82. The number of hydrogen-bond acceptors (Lipinski definition) is 3. The van der Waals surface area contributed by atoms with Crippen LogP contribution >= 0.6 is 0 Å². The number of aliphatic imine (C=N–C) groups is 1. The summed E-state index contributed by atoms with van der Waals surface area (Å²) in [5.74, 6) is 0. The molecule has 0 aliphatic rings. The highest BCUT2D eigenvalue weighted by atomic mass is 19.4. The van der Waals surface area contributed by atoms with E-state index in [0.717, 1.165) is 12.1 Å². The van der Waals surface area contributed by atoms with Gasteiger partial charge >= 0.3 is 6.18 Å². The van der Waals surface area contributed by atoms with Crippen LogP contribution in [0.4, 0.5) is 24.5 Å². The molecule has 0 N–H and O–H groups in total. The maximum atomic E-state index is 12.4. The summed E-state index contributed by atoms with van der Waals surface area (Å²) in [6, 6.07) is 10.1. The summed E-state index contributed by atoms with van der Waals surface area (Å²) in [4.78, 5) is 14.0. The van der Waals surface area contributed by atoms with Crippen LogP contribution in [-0.2, 0) is 6.18 Å². The van der Waals surface area contributed by atoms with E-state index in [1.165, 1.54) is 42.6 Å². The zero-order valence-corrected chi connectivity index (χ0v) is 10.5. The molecule has 0 heterocycles. The van der Waals surface area contributed by atoms with E-state index in [2.05, 4.69) is 4.99 Å². The molecule has 0 saturated carbocycles. The second-order valence-corrected chi connectivity index (χ2v) is 4.15. The number of benzene rings is 2. The van der Waals surface area contributed by atoms with E-state index in [-0.39, 0.29) is 5.69 Å². The first kappa shape index (κ1) is 14.7. The smallest absolute Gasteiger partial charge is 0.258 e. The van der Waals surface area contributed by atoms with Crippen molar-refractivity contribution in [3.8, 4) is 0 Å². The van der Waals surface area contributed by atoms with Gasteiger partial charge in [-0.1, -0.05) is 0 Å². The van der Waals surface area contributed by atoms with E-state index in [4.69, 9.17) is 0 Å². The lowest BCUT2D eigenvalue weighted by atomic mass is 10.2. The van der Waals surface area contributed by atoms with Gasteiger partial charge in [0.1, 0.15) is 0 Å². The molecule has 0 saturated heterocycles. The number of rotatable bonds is 3. The summed E-state index contributed by atoms with van der Waals surface area (Å²) < 4.78 is 37.1. The highest BCUT2D eigenvalue weighted by molar-refractivity contribution is 5.82. The Kier molecular flexibility index (Phi) is 4.02. The Hall–Kier alpha value is -2.70. The Morgan fingerprint density at radius 2 is 1.57 bits per heavy atom. The van der Waals surface area contributed by atoms with Crippen LogP contribution in [0, 0.1) is 10.1 Å². The van der Waals surface area contributed by atoms with Gasteiger partial charge in [0.2, 0.25) is 0 Å². The summed E-state index contributed by atoms with van der Waals surface area (Å²) >= 11 is 0. The number of non-ortho nitro benzene ring substituents is 1. The van der Waals surface area contributed by atoms with Crippen molar-refractivity contribution >= 4 is 17.6 Å². The third-order valence-electron chi connectivity index (χ3n) is 2.66. The minimum atomic E-state index is -4.37. The zero-order chi connectivity index (χ0) is 15.5. The van der Waals surface area contributed by atoms with E-state index in [9.17, 15) is 23.3 Å². The molecule has 0 unspecified atom stereocenters. The summed E-state index contributed by atoms with van der Waals surface area (Å²) in [6.07, 6.45) is -2.95. The van der Waals surface area contributed by atoms with Crippen molar-refractivity contribution in [1.29, 1.82) is 0 Å². The van der Waals surface area contributed by atoms with E-state index >= 15 is 0 Å². The van der Waals surface area contributed by atoms with Gasteiger partial charge in [-0.2, -0.15) is 13.2 Å². The Morgan fingerprint density at radius 3 is 2.05 bits per heavy atom. The van der Waals surface area contributed by atoms with Gasteiger partial charge in [0.15, 0.2) is 0 Å². The second kappa shape index (κ2) is 5.74. The lowest BCUT2D eigenvalue weighted by Crippen LogP contribution is -2.03. The van der Waals surface area contributed by atoms with Crippen molar-refractivity contribution in [2.45, 2.75) is 6.18 Å². The summed E-state index contributed by atoms with van der Waals surface area (Å²) in [7, 11) is 0. The predicted octanol–water partition coefficient (Wildman–Crippen LogP) is 4.36. The zero-order valence-electron chi connectivity index (χ0n) is 10.5. The fourth-order valence-corrected chi connectivity index (χ4v) is 1.57. The average Bonchev–Trinajstić information content (AvgIpc) is 2.45. The molecule has 0 aliphatic carbocycles. The van der Waals surface area contributed by atoms with Crippen LogP contribution in [0.25, 0.3) is 0 Å². The number of halogens is 3. The largest absolute Gasteiger partial charge is 0.416 e. The van der Waals surface area contributed by atoms with Crippen LogP contribution in [0.1, 0.15) is 11.1 Å². The van der Waals surface area contributed by atoms with Gasteiger partial charge in [0.25, 0.3) is 5.69 Å². The third kappa shape index (κ3) is 3.88. The molecule has 0 aliphatic heterocycles. The molecule has 0 radical (unpaired) electrons. The minimum absolute atomic E-state index is 0.0401. The summed E-state index contributed by atoms with van der Waals surface area (Å²) in [5.41, 5.74) is 0.195. The fourth-order valence-electron chi connectivity index (χ4n) is 1.57. The predicted molar refractivity (Wildman–Crippen MR) is 71.8 cm³/mol. The Bertz CT molecular complexity index is 662. The van der Waals surface area contributed by atoms with Crippen molar-refractivity contribution in [2.24, 2.45) is 4.99 Å². The van der Waals surface area contributed by atoms with Crippen LogP contribution in [-0.4, -0.2) is 11.1 Å². The Morgan fingerprint density at radius 1 is 1.00 bits per heavy atom. The fraction of sp³-hybridized carbons (Fsp3) is 0.0714. The van der Waals surface area contributed by atoms with Crippen LogP contribution in [0.5, 0.6) is 0 Å². The Balaban J connectivity index is 2.12. The van der Waals surface area contributed by atoms with Gasteiger partial charge in [-0.05, 0) is 42.0 Å². The molecule has 0 atom stereocenters. The monoisotopic (exact) mass is 294 g/mol. The van der Waals surface area contributed by atoms with Crippen molar-refractivity contribution in [3.05, 3.63) is 69.8 Å². The highest BCUT2D eigenvalue weighted by Gasteiger charge is 2.29. The first-order chi connectivity index (χ1) is 9.86. The number of hydrogen-bond donors (Lipinski definition) is 0. The quantitative estimate of drug-likeness (QED) is 0.479. The van der Waals surface area contributed by atoms with Gasteiger partial charge < -0.3 is 0 Å². The molecule has 4 nitrogen and oxygen atoms in total. The molecule has 0 fully saturated rings. The summed E-state index contributed by atoms with van der Waals surface area (Å²) in [5, 5.41) is 10.5. The van der Waals surface area contributed by atoms with Crippen LogP contribution in [0.2, 0.25) is 0 Å². The molecule has 2 aromatic rings. The molecule has 7 heteroatoms. The SMILES string of the molecule is O=[N+]([O-])c1ccc(C=Nc2ccc(C(F)(F)F)cc2)cc1. The van der Waals surface area contributed by atoms with Gasteiger partial charge in [-0.3, -0.25) is 15.1 Å². The lowest BCUT2D eigenvalue weighted by Gasteiger charge is -2.05. The number of nitro benzene ring substituents is 1. The van der Waals surface area contributed by atoms with E-state index in [1.807, 2.05) is 0 Å². The molecule has 0 aromatic heterocycles. The Labute approximate surface area is 117 Å². The number of alkyl halides is 3. The molecule has 0 spiro atoms. The summed E-state index contributed by atoms with van der Waals surface area (Å²) in [6.45, 7) is 0. The molecule has 21 heavy (non-hydrogen) atoms. The molecule has 0 amide bonds. The molecule has 2 rings (SSSR count). The number of nitrogens with zero attached hydrogens (tertiary/aromatic N) is 2. The standard InChI is InChI=1S/C14H9F3N2O2/c15-14(16,17)11-3-5-12(6-4-11)18-9-10-1-7-13(8-2-10)19(20)21/h1-9H. The van der Waals surface area contributed by atoms with Gasteiger partial charge in [-0.25, -0.2) is 0 Å². The normalized spacial score (nSPS) is 11.8. The maximum Gasteiger partial charge on any atom is 0.416 e. The van der Waals surface area contributed by atoms with E-state index in [1.54, 1.807) is 0 Å². The molecule has 0 bridgehead atoms. The number of nitro groups is 1. The van der Waals surface area contributed by atoms with Gasteiger partial charge in [0, 0.05) is 18.3 Å². The first-order valence-corrected chi connectivity index (χ1v) is 5.82. The molecular formula is C14H9F3N2O2. The van der Waals surface area contributed by atoms with Crippen molar-refractivity contribution < 1.29 is 18.1 Å². The van der Waals surface area contributed by atoms with Crippen molar-refractivity contribution in [1.82, 2.24) is 0 Å². The molecule has 2 aromatic carbocycles. The van der Waals surface area contributed by atoms with Crippen molar-refractivity contribution in [3.63, 3.8) is 0 Å². The van der Waals surface area contributed by atoms with Gasteiger partial charge in [-0.15, -0.1) is 0 Å². The second-order valence-electron chi connectivity index (χ2n) is 4.15. The molecular weight excluding hydrogens is 285 g/mol. The van der Waals surface area contributed by atoms with E-state index < -0.39 is 16.7 Å². The highest BCUT2D eigenvalue weighted by Crippen LogP contribution is 2.30. The molecule has 108 valence electrons. The van der Waals surface area contributed by atoms with Crippen molar-refractivity contribution in [2.75, 3.05) is 0 Å². The third-order valence-corrected chi connectivity index (χ3v) is 2.66. The van der Waals surface area contributed by atoms with Crippen LogP contribution < -0.4 is 0 Å². The van der Waals surface area contributed by atoms with Crippen LogP contribution in [0.3, 0.4) is 0 Å². The minimum Gasteiger partial charge on any atom is -0.258 e. The van der Waals surface area contributed by atoms with Gasteiger partial charge in [0.05, 0.1) is 16.2 Å². The average molecular weight is 294 g/mol. The lowest BCUT2D eigenvalue weighted by molar-refractivity contribution is -0.384. The topological polar surface area (TPSA) is 55.5 Å².